The smallest absolute Gasteiger partial charge is 0.183 e. The Hall–Kier alpha value is -0.320. The van der Waals surface area contributed by atoms with Crippen molar-refractivity contribution in [2.75, 3.05) is 53.0 Å². The Kier molecular flexibility index (Phi) is 7.95. The average molecular weight is 399 g/mol. The van der Waals surface area contributed by atoms with E-state index in [0.717, 1.165) is 19.1 Å². The number of nitrogens with two attached hydrogens (primary N) is 1. The molecule has 6 unspecified atom stereocenters. The van der Waals surface area contributed by atoms with Crippen molar-refractivity contribution in [2.24, 2.45) is 11.8 Å². The van der Waals surface area contributed by atoms with E-state index in [1.807, 2.05) is 0 Å². The largest absolute Gasteiger partial charge is 0.383 e. The summed E-state index contributed by atoms with van der Waals surface area (Å²) < 4.78 is 5.17. The molecule has 0 aromatic heterocycles. The molecule has 0 spiro atoms. The first-order valence-electron chi connectivity index (χ1n) is 11.6. The molecule has 0 aromatic rings. The fourth-order valence-electron chi connectivity index (χ4n) is 5.70. The van der Waals surface area contributed by atoms with Crippen LogP contribution in [0.4, 0.5) is 0 Å². The summed E-state index contributed by atoms with van der Waals surface area (Å²) in [5, 5.41) is 13.4. The summed E-state index contributed by atoms with van der Waals surface area (Å²) in [4.78, 5) is 7.88. The zero-order valence-electron chi connectivity index (χ0n) is 17.6. The summed E-state index contributed by atoms with van der Waals surface area (Å²) in [6, 6.07) is 0.596. The number of quaternary nitrogens is 2. The maximum absolute atomic E-state index is 6.11. The number of piperidine rings is 2. The van der Waals surface area contributed by atoms with Crippen molar-refractivity contribution in [2.45, 2.75) is 63.1 Å². The molecule has 4 aliphatic heterocycles. The molecular formula is C20H42N6O2+2. The molecule has 0 radical (unpaired) electrons. The van der Waals surface area contributed by atoms with Crippen molar-refractivity contribution in [3.63, 3.8) is 0 Å². The number of hydroxylamine groups is 1. The van der Waals surface area contributed by atoms with Crippen LogP contribution in [-0.4, -0.2) is 77.6 Å². The number of hydrogen-bond donors (Lipinski definition) is 6. The van der Waals surface area contributed by atoms with Crippen LogP contribution in [0.1, 0.15) is 38.5 Å². The van der Waals surface area contributed by atoms with Gasteiger partial charge in [-0.05, 0) is 25.9 Å². The maximum Gasteiger partial charge on any atom is 0.183 e. The minimum atomic E-state index is 0.162. The van der Waals surface area contributed by atoms with E-state index in [9.17, 15) is 0 Å². The first kappa shape index (κ1) is 20.9. The van der Waals surface area contributed by atoms with Gasteiger partial charge in [-0.15, -0.1) is 0 Å². The van der Waals surface area contributed by atoms with Crippen molar-refractivity contribution in [1.82, 2.24) is 21.4 Å². The molecular weight excluding hydrogens is 356 g/mol. The van der Waals surface area contributed by atoms with Crippen LogP contribution in [0, 0.1) is 11.8 Å². The molecule has 4 aliphatic rings. The lowest BCUT2D eigenvalue weighted by atomic mass is 9.92. The van der Waals surface area contributed by atoms with Gasteiger partial charge in [-0.25, -0.2) is 0 Å². The van der Waals surface area contributed by atoms with E-state index >= 15 is 0 Å². The highest BCUT2D eigenvalue weighted by molar-refractivity contribution is 4.84. The summed E-state index contributed by atoms with van der Waals surface area (Å²) >= 11 is 0. The van der Waals surface area contributed by atoms with Gasteiger partial charge in [-0.3, -0.25) is 15.5 Å². The summed E-state index contributed by atoms with van der Waals surface area (Å²) in [7, 11) is 1.76. The number of likely N-dealkylation sites (tertiary alicyclic amines) is 1. The molecule has 28 heavy (non-hydrogen) atoms. The third-order valence-electron chi connectivity index (χ3n) is 7.31. The van der Waals surface area contributed by atoms with Crippen molar-refractivity contribution >= 4 is 0 Å². The highest BCUT2D eigenvalue weighted by Crippen LogP contribution is 2.20. The van der Waals surface area contributed by atoms with E-state index in [1.165, 1.54) is 71.2 Å². The van der Waals surface area contributed by atoms with Crippen LogP contribution >= 0.6 is 0 Å². The molecule has 0 saturated carbocycles. The lowest BCUT2D eigenvalue weighted by Crippen LogP contribution is -3.16. The van der Waals surface area contributed by atoms with Gasteiger partial charge in [-0.2, -0.15) is 5.48 Å². The predicted octanol–water partition coefficient (Wildman–Crippen LogP) is -2.65. The van der Waals surface area contributed by atoms with Gasteiger partial charge in [0.15, 0.2) is 6.23 Å². The number of nitrogens with one attached hydrogen (secondary N) is 5. The van der Waals surface area contributed by atoms with Crippen molar-refractivity contribution in [3.8, 4) is 0 Å². The lowest BCUT2D eigenvalue weighted by molar-refractivity contribution is -0.919. The van der Waals surface area contributed by atoms with E-state index in [0.29, 0.717) is 18.1 Å². The van der Waals surface area contributed by atoms with Gasteiger partial charge in [0.25, 0.3) is 0 Å². The molecule has 0 amide bonds. The first-order valence-corrected chi connectivity index (χ1v) is 11.6. The van der Waals surface area contributed by atoms with E-state index in [-0.39, 0.29) is 12.4 Å². The summed E-state index contributed by atoms with van der Waals surface area (Å²) in [6.45, 7) is 7.90. The molecule has 6 atom stereocenters. The second-order valence-electron chi connectivity index (χ2n) is 9.22. The fraction of sp³-hybridized carbons (Fsp3) is 1.00. The topological polar surface area (TPSA) is 87.6 Å². The van der Waals surface area contributed by atoms with Crippen LogP contribution in [0.25, 0.3) is 0 Å². The van der Waals surface area contributed by atoms with Crippen LogP contribution in [-0.2, 0) is 9.57 Å². The Morgan fingerprint density at radius 1 is 1.21 bits per heavy atom. The quantitative estimate of drug-likeness (QED) is 0.251. The molecule has 7 N–H and O–H groups in total. The normalized spacial score (nSPS) is 40.2. The minimum Gasteiger partial charge on any atom is -0.383 e. The molecule has 0 aliphatic carbocycles. The molecule has 8 heteroatoms. The van der Waals surface area contributed by atoms with Crippen LogP contribution in [0.2, 0.25) is 0 Å². The monoisotopic (exact) mass is 398 g/mol. The Balaban J connectivity index is 1.24. The number of rotatable bonds is 8. The molecule has 4 heterocycles. The molecule has 4 saturated heterocycles. The number of hydrogen-bond acceptors (Lipinski definition) is 6. The van der Waals surface area contributed by atoms with Gasteiger partial charge in [0.2, 0.25) is 0 Å². The van der Waals surface area contributed by atoms with Gasteiger partial charge in [0, 0.05) is 51.2 Å². The lowest BCUT2D eigenvalue weighted by Gasteiger charge is -2.32. The Labute approximate surface area is 169 Å². The summed E-state index contributed by atoms with van der Waals surface area (Å²) in [6.07, 6.45) is 8.64. The summed E-state index contributed by atoms with van der Waals surface area (Å²) in [5.74, 6) is 1.50. The number of methoxy groups -OCH3 is 1. The van der Waals surface area contributed by atoms with Gasteiger partial charge in [-0.1, -0.05) is 0 Å². The Morgan fingerprint density at radius 3 is 2.96 bits per heavy atom. The first-order chi connectivity index (χ1) is 13.8. The fourth-order valence-corrected chi connectivity index (χ4v) is 5.70. The third kappa shape index (κ3) is 5.43. The zero-order valence-corrected chi connectivity index (χ0v) is 17.6. The van der Waals surface area contributed by atoms with Crippen molar-refractivity contribution in [1.29, 1.82) is 0 Å². The Morgan fingerprint density at radius 2 is 2.11 bits per heavy atom. The second-order valence-corrected chi connectivity index (χ2v) is 9.22. The maximum atomic E-state index is 6.11. The van der Waals surface area contributed by atoms with Gasteiger partial charge >= 0.3 is 0 Å². The summed E-state index contributed by atoms with van der Waals surface area (Å²) in [5.41, 5.74) is 3.36. The second kappa shape index (κ2) is 10.6. The number of ether oxygens (including phenoxy) is 1. The van der Waals surface area contributed by atoms with Crippen LogP contribution in [0.5, 0.6) is 0 Å². The highest BCUT2D eigenvalue weighted by atomic mass is 16.7. The molecule has 0 aromatic carbocycles. The van der Waals surface area contributed by atoms with Gasteiger partial charge in [0.05, 0.1) is 32.4 Å². The standard InChI is InChI=1S/C20H40N6O2/c1-27-12-10-23-18-13-16(6-9-22-18)19-24-20(28-25-19)17-3-2-11-26(17)14-15-4-7-21-8-5-15/h15-25H,2-14H2,1H3/p+2. The van der Waals surface area contributed by atoms with Crippen molar-refractivity contribution < 1.29 is 19.8 Å². The zero-order chi connectivity index (χ0) is 19.2. The van der Waals surface area contributed by atoms with E-state index < -0.39 is 0 Å². The van der Waals surface area contributed by atoms with Crippen molar-refractivity contribution in [3.05, 3.63) is 0 Å². The van der Waals surface area contributed by atoms with E-state index in [1.54, 1.807) is 12.0 Å². The molecule has 4 fully saturated rings. The van der Waals surface area contributed by atoms with Gasteiger partial charge in [0.1, 0.15) is 12.2 Å². The highest BCUT2D eigenvalue weighted by Gasteiger charge is 2.44. The average Bonchev–Trinajstić information content (AvgIpc) is 3.39. The third-order valence-corrected chi connectivity index (χ3v) is 7.31. The Bertz CT molecular complexity index is 464. The van der Waals surface area contributed by atoms with Gasteiger partial charge < -0.3 is 20.3 Å². The van der Waals surface area contributed by atoms with E-state index in [2.05, 4.69) is 26.7 Å². The molecule has 4 rings (SSSR count). The SMILES string of the molecule is COCCNC1CC(C2NOC(C3CCC[NH+]3CC3CCNCC3)N2)CC[NH2+]1. The van der Waals surface area contributed by atoms with Crippen LogP contribution < -0.4 is 31.6 Å². The molecule has 162 valence electrons. The van der Waals surface area contributed by atoms with Crippen LogP contribution in [0.15, 0.2) is 0 Å². The van der Waals surface area contributed by atoms with Crippen LogP contribution in [0.3, 0.4) is 0 Å². The molecule has 8 nitrogen and oxygen atoms in total. The minimum absolute atomic E-state index is 0.162. The van der Waals surface area contributed by atoms with E-state index in [4.69, 9.17) is 9.57 Å². The predicted molar refractivity (Wildman–Crippen MR) is 107 cm³/mol. The molecule has 0 bridgehead atoms.